The van der Waals surface area contributed by atoms with Gasteiger partial charge in [-0.15, -0.1) is 0 Å². The molecule has 3 aliphatic rings. The van der Waals surface area contributed by atoms with Crippen molar-refractivity contribution in [1.82, 2.24) is 9.80 Å². The van der Waals surface area contributed by atoms with Crippen LogP contribution in [0, 0.1) is 10.1 Å². The number of hydrogen-bond donors (Lipinski definition) is 1. The molecule has 2 bridgehead atoms. The molecule has 0 radical (unpaired) electrons. The van der Waals surface area contributed by atoms with Gasteiger partial charge in [0.15, 0.2) is 0 Å². The first-order chi connectivity index (χ1) is 11.0. The summed E-state index contributed by atoms with van der Waals surface area (Å²) < 4.78 is 0. The van der Waals surface area contributed by atoms with Crippen LogP contribution in [0.4, 0.5) is 5.69 Å². The van der Waals surface area contributed by atoms with Crippen molar-refractivity contribution < 1.29 is 9.72 Å². The molecule has 0 aliphatic carbocycles. The number of piperidine rings is 1. The second-order valence-corrected chi connectivity index (χ2v) is 6.33. The van der Waals surface area contributed by atoms with Crippen molar-refractivity contribution in [3.63, 3.8) is 0 Å². The summed E-state index contributed by atoms with van der Waals surface area (Å²) in [4.78, 5) is 26.8. The highest BCUT2D eigenvalue weighted by atomic mass is 16.6. The van der Waals surface area contributed by atoms with Gasteiger partial charge in [0, 0.05) is 31.7 Å². The summed E-state index contributed by atoms with van der Waals surface area (Å²) >= 11 is 0. The summed E-state index contributed by atoms with van der Waals surface area (Å²) in [5.74, 6) is -0.750. The number of carbonyl (C=O) groups is 1. The minimum absolute atomic E-state index is 0.00425. The SMILES string of the molecule is NC(=O)c1cc(CCN2CCN3CCC2CC3)ccc1[N+](=O)[O-]. The Labute approximate surface area is 135 Å². The third-order valence-corrected chi connectivity index (χ3v) is 4.99. The maximum Gasteiger partial charge on any atom is 0.282 e. The Hall–Kier alpha value is -1.99. The second kappa shape index (κ2) is 6.64. The zero-order chi connectivity index (χ0) is 16.4. The Bertz CT molecular complexity index is 611. The molecule has 3 fully saturated rings. The fourth-order valence-electron chi connectivity index (χ4n) is 3.62. The van der Waals surface area contributed by atoms with Crippen molar-refractivity contribution in [2.24, 2.45) is 5.73 Å². The van der Waals surface area contributed by atoms with E-state index in [-0.39, 0.29) is 11.3 Å². The number of nitrogens with two attached hydrogens (primary N) is 1. The Kier molecular flexibility index (Phi) is 4.58. The van der Waals surface area contributed by atoms with Gasteiger partial charge in [0.2, 0.25) is 0 Å². The van der Waals surface area contributed by atoms with Crippen LogP contribution in [0.3, 0.4) is 0 Å². The van der Waals surface area contributed by atoms with E-state index in [9.17, 15) is 14.9 Å². The number of primary amides is 1. The molecule has 1 aromatic rings. The van der Waals surface area contributed by atoms with E-state index >= 15 is 0 Å². The van der Waals surface area contributed by atoms with Crippen molar-refractivity contribution in [1.29, 1.82) is 0 Å². The van der Waals surface area contributed by atoms with Crippen molar-refractivity contribution in [3.05, 3.63) is 39.4 Å². The second-order valence-electron chi connectivity index (χ2n) is 6.33. The molecule has 0 aromatic heterocycles. The third-order valence-electron chi connectivity index (χ3n) is 4.99. The van der Waals surface area contributed by atoms with Crippen LogP contribution in [0.5, 0.6) is 0 Å². The first kappa shape index (κ1) is 15.9. The Balaban J connectivity index is 1.69. The van der Waals surface area contributed by atoms with Crippen molar-refractivity contribution in [2.45, 2.75) is 25.3 Å². The van der Waals surface area contributed by atoms with Gasteiger partial charge in [0.05, 0.1) is 4.92 Å². The van der Waals surface area contributed by atoms with Crippen molar-refractivity contribution >= 4 is 11.6 Å². The largest absolute Gasteiger partial charge is 0.365 e. The van der Waals surface area contributed by atoms with Crippen LogP contribution in [-0.2, 0) is 6.42 Å². The van der Waals surface area contributed by atoms with Gasteiger partial charge in [0.1, 0.15) is 5.56 Å². The van der Waals surface area contributed by atoms with Crippen LogP contribution in [0.15, 0.2) is 18.2 Å². The Morgan fingerprint density at radius 3 is 2.65 bits per heavy atom. The highest BCUT2D eigenvalue weighted by Crippen LogP contribution is 2.23. The smallest absolute Gasteiger partial charge is 0.282 e. The number of nitro groups is 1. The molecule has 3 heterocycles. The lowest BCUT2D eigenvalue weighted by molar-refractivity contribution is -0.385. The van der Waals surface area contributed by atoms with E-state index in [0.29, 0.717) is 6.04 Å². The van der Waals surface area contributed by atoms with E-state index in [1.807, 2.05) is 0 Å². The van der Waals surface area contributed by atoms with Gasteiger partial charge in [-0.1, -0.05) is 6.07 Å². The molecular weight excluding hydrogens is 296 g/mol. The minimum Gasteiger partial charge on any atom is -0.365 e. The Morgan fingerprint density at radius 2 is 2.00 bits per heavy atom. The molecule has 0 atom stereocenters. The van der Waals surface area contributed by atoms with Crippen LogP contribution in [0.25, 0.3) is 0 Å². The number of rotatable bonds is 5. The number of nitro benzene ring substituents is 1. The van der Waals surface area contributed by atoms with Gasteiger partial charge in [0.25, 0.3) is 11.6 Å². The highest BCUT2D eigenvalue weighted by molar-refractivity contribution is 5.97. The minimum atomic E-state index is -0.750. The lowest BCUT2D eigenvalue weighted by Gasteiger charge is -2.31. The average molecular weight is 318 g/mol. The number of benzene rings is 1. The molecular formula is C16H22N4O3. The summed E-state index contributed by atoms with van der Waals surface area (Å²) in [6.07, 6.45) is 3.20. The third kappa shape index (κ3) is 3.51. The maximum absolute atomic E-state index is 11.4. The first-order valence-corrected chi connectivity index (χ1v) is 8.08. The molecule has 7 heteroatoms. The molecule has 0 spiro atoms. The number of amides is 1. The van der Waals surface area contributed by atoms with Gasteiger partial charge in [-0.05, 0) is 44.0 Å². The van der Waals surface area contributed by atoms with Crippen molar-refractivity contribution in [3.8, 4) is 0 Å². The molecule has 4 rings (SSSR count). The quantitative estimate of drug-likeness (QED) is 0.646. The van der Waals surface area contributed by atoms with Crippen LogP contribution >= 0.6 is 0 Å². The molecule has 23 heavy (non-hydrogen) atoms. The van der Waals surface area contributed by atoms with Gasteiger partial charge < -0.3 is 10.6 Å². The van der Waals surface area contributed by atoms with Gasteiger partial charge >= 0.3 is 0 Å². The first-order valence-electron chi connectivity index (χ1n) is 8.08. The molecule has 0 unspecified atom stereocenters. The molecule has 1 amide bonds. The normalized spacial score (nSPS) is 24.3. The standard InChI is InChI=1S/C16H22N4O3/c17-16(21)14-11-12(1-2-15(14)20(22)23)3-8-19-10-9-18-6-4-13(19)5-7-18/h1-2,11,13H,3-10H2,(H2,17,21). The Morgan fingerprint density at radius 1 is 1.26 bits per heavy atom. The predicted octanol–water partition coefficient (Wildman–Crippen LogP) is 1.02. The fraction of sp³-hybridized carbons (Fsp3) is 0.562. The summed E-state index contributed by atoms with van der Waals surface area (Å²) in [6.45, 7) is 5.47. The van der Waals surface area contributed by atoms with Gasteiger partial charge in [-0.2, -0.15) is 0 Å². The van der Waals surface area contributed by atoms with Crippen LogP contribution in [0.1, 0.15) is 28.8 Å². The van der Waals surface area contributed by atoms with E-state index < -0.39 is 10.8 Å². The lowest BCUT2D eigenvalue weighted by atomic mass is 10.0. The summed E-state index contributed by atoms with van der Waals surface area (Å²) in [6, 6.07) is 5.32. The number of nitrogens with zero attached hydrogens (tertiary/aromatic N) is 3. The number of fused-ring (bicyclic) bond motifs is 4. The monoisotopic (exact) mass is 318 g/mol. The highest BCUT2D eigenvalue weighted by Gasteiger charge is 2.28. The molecule has 3 saturated heterocycles. The summed E-state index contributed by atoms with van der Waals surface area (Å²) in [7, 11) is 0. The molecule has 124 valence electrons. The molecule has 2 N–H and O–H groups in total. The van der Waals surface area contributed by atoms with E-state index in [1.54, 1.807) is 12.1 Å². The number of hydrogen-bond acceptors (Lipinski definition) is 5. The van der Waals surface area contributed by atoms with Crippen molar-refractivity contribution in [2.75, 3.05) is 32.7 Å². The molecule has 7 nitrogen and oxygen atoms in total. The van der Waals surface area contributed by atoms with Gasteiger partial charge in [-0.25, -0.2) is 0 Å². The predicted molar refractivity (Wildman–Crippen MR) is 86.4 cm³/mol. The zero-order valence-electron chi connectivity index (χ0n) is 13.1. The summed E-state index contributed by atoms with van der Waals surface area (Å²) in [5, 5.41) is 11.0. The fourth-order valence-corrected chi connectivity index (χ4v) is 3.62. The zero-order valence-corrected chi connectivity index (χ0v) is 13.1. The van der Waals surface area contributed by atoms with Gasteiger partial charge in [-0.3, -0.25) is 19.8 Å². The van der Waals surface area contributed by atoms with E-state index in [4.69, 9.17) is 5.73 Å². The maximum atomic E-state index is 11.4. The lowest BCUT2D eigenvalue weighted by Crippen LogP contribution is -2.38. The molecule has 0 saturated carbocycles. The number of carbonyl (C=O) groups excluding carboxylic acids is 1. The average Bonchev–Trinajstić information content (AvgIpc) is 2.85. The van der Waals surface area contributed by atoms with E-state index in [0.717, 1.165) is 31.6 Å². The summed E-state index contributed by atoms with van der Waals surface area (Å²) in [5.41, 5.74) is 5.97. The van der Waals surface area contributed by atoms with Crippen LogP contribution < -0.4 is 5.73 Å². The molecule has 3 aliphatic heterocycles. The van der Waals surface area contributed by atoms with Crippen LogP contribution in [0.2, 0.25) is 0 Å². The van der Waals surface area contributed by atoms with E-state index in [1.165, 1.54) is 32.0 Å². The topological polar surface area (TPSA) is 92.7 Å². The van der Waals surface area contributed by atoms with Crippen LogP contribution in [-0.4, -0.2) is 59.4 Å². The molecule has 1 aromatic carbocycles. The van der Waals surface area contributed by atoms with E-state index in [2.05, 4.69) is 9.80 Å².